The monoisotopic (exact) mass is 407 g/mol. The molecule has 0 saturated carbocycles. The number of nitrogens with one attached hydrogen (secondary N) is 1. The number of benzene rings is 1. The lowest BCUT2D eigenvalue weighted by atomic mass is 9.80. The Balaban J connectivity index is 1.41. The number of amides is 1. The van der Waals surface area contributed by atoms with E-state index in [4.69, 9.17) is 4.98 Å². The Labute approximate surface area is 174 Å². The second-order valence-electron chi connectivity index (χ2n) is 8.33. The van der Waals surface area contributed by atoms with Crippen LogP contribution in [0.5, 0.6) is 0 Å². The number of carbonyl (C=O) groups excluding carboxylic acids is 1. The minimum atomic E-state index is -0.207. The van der Waals surface area contributed by atoms with E-state index in [9.17, 15) is 4.79 Å². The lowest BCUT2D eigenvalue weighted by Gasteiger charge is -2.26. The van der Waals surface area contributed by atoms with Crippen molar-refractivity contribution in [2.24, 2.45) is 5.92 Å². The van der Waals surface area contributed by atoms with Gasteiger partial charge in [-0.1, -0.05) is 18.2 Å². The van der Waals surface area contributed by atoms with Gasteiger partial charge in [-0.15, -0.1) is 11.3 Å². The Morgan fingerprint density at radius 1 is 1.17 bits per heavy atom. The molecule has 5 rings (SSSR count). The second-order valence-corrected chi connectivity index (χ2v) is 9.70. The van der Waals surface area contributed by atoms with Crippen molar-refractivity contribution in [3.63, 3.8) is 0 Å². The van der Waals surface area contributed by atoms with Crippen molar-refractivity contribution in [2.75, 3.05) is 26.2 Å². The maximum Gasteiger partial charge on any atom is 0.253 e. The molecule has 2 aliphatic heterocycles. The van der Waals surface area contributed by atoms with Gasteiger partial charge in [-0.05, 0) is 38.1 Å². The second kappa shape index (κ2) is 7.07. The zero-order valence-corrected chi connectivity index (χ0v) is 17.6. The van der Waals surface area contributed by atoms with Crippen LogP contribution in [0.15, 0.2) is 42.5 Å². The summed E-state index contributed by atoms with van der Waals surface area (Å²) >= 11 is 1.86. The predicted molar refractivity (Wildman–Crippen MR) is 113 cm³/mol. The summed E-state index contributed by atoms with van der Waals surface area (Å²) in [7, 11) is 0. The van der Waals surface area contributed by atoms with Gasteiger partial charge in [0, 0.05) is 54.0 Å². The van der Waals surface area contributed by atoms with Gasteiger partial charge in [-0.25, -0.2) is 4.98 Å². The molecule has 1 aromatic carbocycles. The van der Waals surface area contributed by atoms with Crippen LogP contribution in [0.25, 0.3) is 0 Å². The van der Waals surface area contributed by atoms with Gasteiger partial charge in [0.05, 0.1) is 5.41 Å². The van der Waals surface area contributed by atoms with Crippen LogP contribution in [0.1, 0.15) is 31.8 Å². The Bertz CT molecular complexity index is 1030. The van der Waals surface area contributed by atoms with Crippen molar-refractivity contribution >= 4 is 17.2 Å². The molecule has 0 spiro atoms. The topological polar surface area (TPSA) is 65.1 Å². The van der Waals surface area contributed by atoms with E-state index in [2.05, 4.69) is 34.2 Å². The Morgan fingerprint density at radius 3 is 2.69 bits per heavy atom. The maximum atomic E-state index is 13.1. The molecule has 0 radical (unpaired) electrons. The molecule has 1 N–H and O–H groups in total. The van der Waals surface area contributed by atoms with Crippen molar-refractivity contribution in [2.45, 2.75) is 25.8 Å². The number of H-pyrrole nitrogens is 1. The van der Waals surface area contributed by atoms with Crippen molar-refractivity contribution in [1.29, 1.82) is 0 Å². The Hall–Kier alpha value is -2.51. The highest BCUT2D eigenvalue weighted by molar-refractivity contribution is 7.11. The van der Waals surface area contributed by atoms with Gasteiger partial charge in [0.25, 0.3) is 5.91 Å². The molecule has 0 unspecified atom stereocenters. The minimum absolute atomic E-state index is 0.104. The molecule has 2 aliphatic rings. The van der Waals surface area contributed by atoms with Crippen molar-refractivity contribution < 1.29 is 4.79 Å². The molecule has 0 bridgehead atoms. The third-order valence-electron chi connectivity index (χ3n) is 6.21. The number of nitrogens with zero attached hydrogens (tertiary/aromatic N) is 4. The van der Waals surface area contributed by atoms with Crippen LogP contribution in [0.4, 0.5) is 0 Å². The van der Waals surface area contributed by atoms with E-state index in [1.54, 1.807) is 0 Å². The molecule has 2 atom stereocenters. The fourth-order valence-corrected chi connectivity index (χ4v) is 5.81. The summed E-state index contributed by atoms with van der Waals surface area (Å²) in [5.74, 6) is 2.13. The summed E-state index contributed by atoms with van der Waals surface area (Å²) in [5, 5.41) is 7.56. The predicted octanol–water partition coefficient (Wildman–Crippen LogP) is 3.01. The number of fused-ring (bicyclic) bond motifs is 1. The first-order chi connectivity index (χ1) is 14.0. The molecular formula is C22H25N5OS. The largest absolute Gasteiger partial charge is 0.337 e. The summed E-state index contributed by atoms with van der Waals surface area (Å²) in [4.78, 5) is 25.0. The first-order valence-electron chi connectivity index (χ1n) is 10.0. The van der Waals surface area contributed by atoms with Crippen LogP contribution < -0.4 is 0 Å². The Kier molecular flexibility index (Phi) is 4.52. The van der Waals surface area contributed by atoms with E-state index in [-0.39, 0.29) is 11.3 Å². The summed E-state index contributed by atoms with van der Waals surface area (Å²) in [6.07, 6.45) is 0. The van der Waals surface area contributed by atoms with Gasteiger partial charge in [0.15, 0.2) is 5.82 Å². The number of carbonyl (C=O) groups is 1. The first-order valence-corrected chi connectivity index (χ1v) is 10.9. The Morgan fingerprint density at radius 2 is 2.00 bits per heavy atom. The fraction of sp³-hybridized carbons (Fsp3) is 0.409. The van der Waals surface area contributed by atoms with E-state index in [1.807, 2.05) is 53.5 Å². The molecule has 2 aromatic heterocycles. The highest BCUT2D eigenvalue weighted by Gasteiger charge is 2.56. The molecule has 2 saturated heterocycles. The third kappa shape index (κ3) is 3.28. The van der Waals surface area contributed by atoms with Crippen LogP contribution in [-0.4, -0.2) is 57.1 Å². The molecule has 2 fully saturated rings. The van der Waals surface area contributed by atoms with E-state index in [0.29, 0.717) is 12.5 Å². The van der Waals surface area contributed by atoms with E-state index in [0.717, 1.165) is 43.4 Å². The quantitative estimate of drug-likeness (QED) is 0.722. The summed E-state index contributed by atoms with van der Waals surface area (Å²) in [6.45, 7) is 8.30. The number of thiophene rings is 1. The SMILES string of the molecule is Cc1nc([C@@]23CN(Cc4ccc(C)s4)C[C@@H]2CN(C(=O)c2ccccc2)C3)n[nH]1. The summed E-state index contributed by atoms with van der Waals surface area (Å²) in [5.41, 5.74) is 0.543. The number of hydrogen-bond acceptors (Lipinski definition) is 5. The smallest absolute Gasteiger partial charge is 0.253 e. The third-order valence-corrected chi connectivity index (χ3v) is 7.19. The van der Waals surface area contributed by atoms with E-state index < -0.39 is 0 Å². The molecule has 150 valence electrons. The van der Waals surface area contributed by atoms with Crippen molar-refractivity contribution in [1.82, 2.24) is 25.0 Å². The summed E-state index contributed by atoms with van der Waals surface area (Å²) < 4.78 is 0. The number of likely N-dealkylation sites (tertiary alicyclic amines) is 2. The molecule has 29 heavy (non-hydrogen) atoms. The van der Waals surface area contributed by atoms with Gasteiger partial charge >= 0.3 is 0 Å². The maximum absolute atomic E-state index is 13.1. The average molecular weight is 408 g/mol. The highest BCUT2D eigenvalue weighted by Crippen LogP contribution is 2.44. The minimum Gasteiger partial charge on any atom is -0.337 e. The average Bonchev–Trinajstić information content (AvgIpc) is 3.46. The molecule has 7 heteroatoms. The fourth-order valence-electron chi connectivity index (χ4n) is 4.88. The zero-order valence-electron chi connectivity index (χ0n) is 16.8. The van der Waals surface area contributed by atoms with Crippen LogP contribution in [-0.2, 0) is 12.0 Å². The number of aromatic amines is 1. The number of rotatable bonds is 4. The molecule has 1 amide bonds. The van der Waals surface area contributed by atoms with E-state index >= 15 is 0 Å². The van der Waals surface area contributed by atoms with Crippen molar-refractivity contribution in [3.8, 4) is 0 Å². The van der Waals surface area contributed by atoms with Crippen LogP contribution >= 0.6 is 11.3 Å². The van der Waals surface area contributed by atoms with Gasteiger partial charge < -0.3 is 4.90 Å². The van der Waals surface area contributed by atoms with Crippen LogP contribution in [0.3, 0.4) is 0 Å². The summed E-state index contributed by atoms with van der Waals surface area (Å²) in [6, 6.07) is 14.0. The lowest BCUT2D eigenvalue weighted by Crippen LogP contribution is -2.40. The van der Waals surface area contributed by atoms with Crippen LogP contribution in [0, 0.1) is 19.8 Å². The normalized spacial score (nSPS) is 24.2. The number of hydrogen-bond donors (Lipinski definition) is 1. The van der Waals surface area contributed by atoms with E-state index in [1.165, 1.54) is 9.75 Å². The number of aromatic nitrogens is 3. The van der Waals surface area contributed by atoms with Crippen molar-refractivity contribution in [3.05, 3.63) is 69.4 Å². The molecule has 3 aromatic rings. The standard InChI is InChI=1S/C22H25N5OS/c1-15-8-9-19(29-15)12-26-10-18-11-27(20(28)17-6-4-3-5-7-17)14-22(18,13-26)21-23-16(2)24-25-21/h3-9,18H,10-14H2,1-2H3,(H,23,24,25)/t18-,22-/m1/s1. The zero-order chi connectivity index (χ0) is 20.0. The molecule has 6 nitrogen and oxygen atoms in total. The van der Waals surface area contributed by atoms with Gasteiger partial charge in [0.2, 0.25) is 0 Å². The van der Waals surface area contributed by atoms with Gasteiger partial charge in [-0.3, -0.25) is 14.8 Å². The van der Waals surface area contributed by atoms with Crippen LogP contribution in [0.2, 0.25) is 0 Å². The van der Waals surface area contributed by atoms with Gasteiger partial charge in [0.1, 0.15) is 5.82 Å². The number of aryl methyl sites for hydroxylation is 2. The molecule has 0 aliphatic carbocycles. The first kappa shape index (κ1) is 18.5. The lowest BCUT2D eigenvalue weighted by molar-refractivity contribution is 0.0769. The molecular weight excluding hydrogens is 382 g/mol. The van der Waals surface area contributed by atoms with Gasteiger partial charge in [-0.2, -0.15) is 5.10 Å². The highest BCUT2D eigenvalue weighted by atomic mass is 32.1. The molecule has 4 heterocycles.